The summed E-state index contributed by atoms with van der Waals surface area (Å²) in [5, 5.41) is 6.01. The third-order valence-corrected chi connectivity index (χ3v) is 2.85. The molecule has 2 rings (SSSR count). The topological polar surface area (TPSA) is 54.0 Å². The van der Waals surface area contributed by atoms with Crippen LogP contribution in [0.1, 0.15) is 18.5 Å². The number of aromatic nitrogens is 1. The van der Waals surface area contributed by atoms with Gasteiger partial charge in [0, 0.05) is 30.6 Å². The van der Waals surface area contributed by atoms with Gasteiger partial charge in [-0.25, -0.2) is 0 Å². The van der Waals surface area contributed by atoms with E-state index in [1.165, 1.54) is 0 Å². The van der Waals surface area contributed by atoms with Crippen LogP contribution in [0.2, 0.25) is 0 Å². The molecule has 0 bridgehead atoms. The Labute approximate surface area is 101 Å². The molecule has 0 aliphatic carbocycles. The molecule has 1 aromatic heterocycles. The highest BCUT2D eigenvalue weighted by Crippen LogP contribution is 2.10. The van der Waals surface area contributed by atoms with Crippen molar-refractivity contribution in [1.29, 1.82) is 0 Å². The van der Waals surface area contributed by atoms with Crippen LogP contribution in [-0.4, -0.2) is 23.5 Å². The van der Waals surface area contributed by atoms with Crippen molar-refractivity contribution in [2.45, 2.75) is 25.3 Å². The molecule has 4 heteroatoms. The smallest absolute Gasteiger partial charge is 0.241 e. The lowest BCUT2D eigenvalue weighted by Crippen LogP contribution is -2.47. The number of allylic oxidation sites excluding steroid dienone is 1. The van der Waals surface area contributed by atoms with E-state index in [0.717, 1.165) is 37.2 Å². The molecule has 2 heterocycles. The molecule has 1 unspecified atom stereocenters. The third-order valence-electron chi connectivity index (χ3n) is 2.85. The van der Waals surface area contributed by atoms with E-state index in [0.29, 0.717) is 0 Å². The first-order valence-electron chi connectivity index (χ1n) is 5.87. The SMILES string of the molecule is C=C1CCC(NCCc2ccccn2)C(=O)N1. The van der Waals surface area contributed by atoms with Crippen LogP contribution in [0.3, 0.4) is 0 Å². The molecule has 0 radical (unpaired) electrons. The van der Waals surface area contributed by atoms with Gasteiger partial charge in [-0.1, -0.05) is 12.6 Å². The molecular formula is C13H17N3O. The summed E-state index contributed by atoms with van der Waals surface area (Å²) >= 11 is 0. The number of hydrogen-bond donors (Lipinski definition) is 2. The predicted molar refractivity (Wildman–Crippen MR) is 66.2 cm³/mol. The quantitative estimate of drug-likeness (QED) is 0.813. The number of nitrogens with one attached hydrogen (secondary N) is 2. The summed E-state index contributed by atoms with van der Waals surface area (Å²) in [5.74, 6) is 0.0299. The molecule has 4 nitrogen and oxygen atoms in total. The number of piperidine rings is 1. The van der Waals surface area contributed by atoms with Crippen molar-refractivity contribution < 1.29 is 4.79 Å². The second-order valence-electron chi connectivity index (χ2n) is 4.21. The molecule has 1 fully saturated rings. The van der Waals surface area contributed by atoms with Gasteiger partial charge in [-0.15, -0.1) is 0 Å². The van der Waals surface area contributed by atoms with Gasteiger partial charge >= 0.3 is 0 Å². The first kappa shape index (κ1) is 11.8. The van der Waals surface area contributed by atoms with Crippen LogP contribution in [0.15, 0.2) is 36.7 Å². The van der Waals surface area contributed by atoms with Crippen molar-refractivity contribution in [1.82, 2.24) is 15.6 Å². The summed E-state index contributed by atoms with van der Waals surface area (Å²) in [6.07, 6.45) is 4.30. The minimum absolute atomic E-state index is 0.0299. The highest BCUT2D eigenvalue weighted by atomic mass is 16.2. The molecule has 1 atom stereocenters. The molecule has 0 aromatic carbocycles. The van der Waals surface area contributed by atoms with Gasteiger partial charge in [0.05, 0.1) is 6.04 Å². The van der Waals surface area contributed by atoms with Gasteiger partial charge in [0.2, 0.25) is 5.91 Å². The first-order chi connectivity index (χ1) is 8.25. The third kappa shape index (κ3) is 3.39. The molecule has 2 N–H and O–H groups in total. The molecule has 0 saturated carbocycles. The zero-order chi connectivity index (χ0) is 12.1. The molecule has 1 aliphatic heterocycles. The molecule has 1 amide bonds. The standard InChI is InChI=1S/C13H17N3O/c1-10-5-6-12(13(17)16-10)15-9-7-11-4-2-3-8-14-11/h2-4,8,12,15H,1,5-7,9H2,(H,16,17). The Hall–Kier alpha value is -1.68. The molecule has 1 saturated heterocycles. The Morgan fingerprint density at radius 2 is 2.41 bits per heavy atom. The second kappa shape index (κ2) is 5.59. The maximum atomic E-state index is 11.6. The summed E-state index contributed by atoms with van der Waals surface area (Å²) < 4.78 is 0. The molecule has 90 valence electrons. The van der Waals surface area contributed by atoms with Crippen LogP contribution in [0.5, 0.6) is 0 Å². The fraction of sp³-hybridized carbons (Fsp3) is 0.385. The van der Waals surface area contributed by atoms with Gasteiger partial charge in [0.15, 0.2) is 0 Å². The van der Waals surface area contributed by atoms with Crippen LogP contribution in [0, 0.1) is 0 Å². The van der Waals surface area contributed by atoms with Crippen LogP contribution >= 0.6 is 0 Å². The van der Waals surface area contributed by atoms with Crippen LogP contribution < -0.4 is 10.6 Å². The van der Waals surface area contributed by atoms with Crippen molar-refractivity contribution in [2.24, 2.45) is 0 Å². The Kier molecular flexibility index (Phi) is 3.88. The molecule has 1 aromatic rings. The van der Waals surface area contributed by atoms with Crippen molar-refractivity contribution in [3.05, 3.63) is 42.4 Å². The van der Waals surface area contributed by atoms with Crippen molar-refractivity contribution >= 4 is 5.91 Å². The number of carbonyl (C=O) groups excluding carboxylic acids is 1. The maximum absolute atomic E-state index is 11.6. The second-order valence-corrected chi connectivity index (χ2v) is 4.21. The van der Waals surface area contributed by atoms with Gasteiger partial charge in [0.1, 0.15) is 0 Å². The van der Waals surface area contributed by atoms with E-state index < -0.39 is 0 Å². The van der Waals surface area contributed by atoms with E-state index in [4.69, 9.17) is 0 Å². The van der Waals surface area contributed by atoms with E-state index >= 15 is 0 Å². The average molecular weight is 231 g/mol. The fourth-order valence-electron chi connectivity index (χ4n) is 1.89. The number of pyridine rings is 1. The van der Waals surface area contributed by atoms with Gasteiger partial charge in [-0.2, -0.15) is 0 Å². The van der Waals surface area contributed by atoms with E-state index in [9.17, 15) is 4.79 Å². The zero-order valence-electron chi connectivity index (χ0n) is 9.78. The lowest BCUT2D eigenvalue weighted by molar-refractivity contribution is -0.123. The van der Waals surface area contributed by atoms with Gasteiger partial charge in [-0.05, 0) is 25.0 Å². The minimum Gasteiger partial charge on any atom is -0.329 e. The van der Waals surface area contributed by atoms with Crippen molar-refractivity contribution in [2.75, 3.05) is 6.54 Å². The van der Waals surface area contributed by atoms with Crippen LogP contribution in [0.4, 0.5) is 0 Å². The number of carbonyl (C=O) groups is 1. The number of amides is 1. The van der Waals surface area contributed by atoms with Crippen molar-refractivity contribution in [3.63, 3.8) is 0 Å². The predicted octanol–water partition coefficient (Wildman–Crippen LogP) is 1.01. The normalized spacial score (nSPS) is 20.1. The van der Waals surface area contributed by atoms with Gasteiger partial charge < -0.3 is 10.6 Å². The molecule has 1 aliphatic rings. The lowest BCUT2D eigenvalue weighted by Gasteiger charge is -2.24. The number of hydrogen-bond acceptors (Lipinski definition) is 3. The Balaban J connectivity index is 1.75. The highest BCUT2D eigenvalue weighted by molar-refractivity contribution is 5.84. The summed E-state index contributed by atoms with van der Waals surface area (Å²) in [6, 6.07) is 5.77. The van der Waals surface area contributed by atoms with Gasteiger partial charge in [-0.3, -0.25) is 9.78 Å². The Morgan fingerprint density at radius 1 is 1.53 bits per heavy atom. The number of nitrogens with zero attached hydrogens (tertiary/aromatic N) is 1. The van der Waals surface area contributed by atoms with E-state index in [-0.39, 0.29) is 11.9 Å². The van der Waals surface area contributed by atoms with Crippen LogP contribution in [-0.2, 0) is 11.2 Å². The Bertz CT molecular complexity index is 402. The molecule has 0 spiro atoms. The first-order valence-corrected chi connectivity index (χ1v) is 5.87. The van der Waals surface area contributed by atoms with E-state index in [2.05, 4.69) is 22.2 Å². The fourth-order valence-corrected chi connectivity index (χ4v) is 1.89. The average Bonchev–Trinajstić information content (AvgIpc) is 2.33. The van der Waals surface area contributed by atoms with E-state index in [1.807, 2.05) is 18.2 Å². The van der Waals surface area contributed by atoms with Gasteiger partial charge in [0.25, 0.3) is 0 Å². The lowest BCUT2D eigenvalue weighted by atomic mass is 10.0. The maximum Gasteiger partial charge on any atom is 0.241 e. The minimum atomic E-state index is -0.0933. The summed E-state index contributed by atoms with van der Waals surface area (Å²) in [6.45, 7) is 4.52. The largest absolute Gasteiger partial charge is 0.329 e. The van der Waals surface area contributed by atoms with Crippen molar-refractivity contribution in [3.8, 4) is 0 Å². The molecular weight excluding hydrogens is 214 g/mol. The number of rotatable bonds is 4. The summed E-state index contributed by atoms with van der Waals surface area (Å²) in [5.41, 5.74) is 1.86. The van der Waals surface area contributed by atoms with E-state index in [1.54, 1.807) is 6.20 Å². The monoisotopic (exact) mass is 231 g/mol. The zero-order valence-corrected chi connectivity index (χ0v) is 9.78. The highest BCUT2D eigenvalue weighted by Gasteiger charge is 2.22. The summed E-state index contributed by atoms with van der Waals surface area (Å²) in [4.78, 5) is 15.8. The van der Waals surface area contributed by atoms with Crippen LogP contribution in [0.25, 0.3) is 0 Å². The molecule has 17 heavy (non-hydrogen) atoms. The Morgan fingerprint density at radius 3 is 3.12 bits per heavy atom. The summed E-state index contributed by atoms with van der Waals surface area (Å²) in [7, 11) is 0.